The number of benzene rings is 2. The van der Waals surface area contributed by atoms with Crippen LogP contribution in [0.1, 0.15) is 37.1 Å². The van der Waals surface area contributed by atoms with Crippen LogP contribution in [0.4, 0.5) is 10.5 Å². The van der Waals surface area contributed by atoms with Crippen LogP contribution >= 0.6 is 11.5 Å². The molecule has 3 aromatic rings. The number of nitrogens with one attached hydrogen (secondary N) is 1. The maximum absolute atomic E-state index is 11.5. The molecule has 2 aromatic carbocycles. The topological polar surface area (TPSA) is 79.3 Å². The first kappa shape index (κ1) is 20.7. The van der Waals surface area contributed by atoms with Gasteiger partial charge in [0.1, 0.15) is 6.29 Å². The van der Waals surface area contributed by atoms with E-state index < -0.39 is 11.5 Å². The van der Waals surface area contributed by atoms with Gasteiger partial charge in [-0.05, 0) is 72.6 Å². The van der Waals surface area contributed by atoms with Crippen molar-refractivity contribution in [1.29, 1.82) is 0 Å². The van der Waals surface area contributed by atoms with Crippen molar-refractivity contribution in [3.05, 3.63) is 59.3 Å². The lowest BCUT2D eigenvalue weighted by atomic mass is 9.81. The minimum absolute atomic E-state index is 0.463. The molecule has 0 aliphatic carbocycles. The maximum atomic E-state index is 11.5. The number of rotatable bonds is 6. The average Bonchev–Trinajstić information content (AvgIpc) is 3.07. The van der Waals surface area contributed by atoms with Gasteiger partial charge in [0.2, 0.25) is 0 Å². The van der Waals surface area contributed by atoms with E-state index in [0.717, 1.165) is 45.4 Å². The van der Waals surface area contributed by atoms with Crippen LogP contribution in [0.15, 0.2) is 42.5 Å². The van der Waals surface area contributed by atoms with E-state index >= 15 is 0 Å². The SMILES string of the molecule is CCC(C)(C=O)c1ccc(-c2ccc(-c3snc(C)c3NC(=O)O)cc2C)cc1. The smallest absolute Gasteiger partial charge is 0.409 e. The fourth-order valence-electron chi connectivity index (χ4n) is 3.34. The number of hydrogen-bond acceptors (Lipinski definition) is 4. The lowest BCUT2D eigenvalue weighted by molar-refractivity contribution is -0.112. The second kappa shape index (κ2) is 8.17. The van der Waals surface area contributed by atoms with Gasteiger partial charge in [0, 0.05) is 5.41 Å². The van der Waals surface area contributed by atoms with Crippen LogP contribution in [0.25, 0.3) is 21.6 Å². The Morgan fingerprint density at radius 1 is 1.17 bits per heavy atom. The van der Waals surface area contributed by atoms with Crippen LogP contribution in [0, 0.1) is 13.8 Å². The summed E-state index contributed by atoms with van der Waals surface area (Å²) in [5.74, 6) is 0. The van der Waals surface area contributed by atoms with Crippen LogP contribution in [-0.2, 0) is 10.2 Å². The van der Waals surface area contributed by atoms with Gasteiger partial charge in [-0.1, -0.05) is 43.3 Å². The third-order valence-corrected chi connectivity index (χ3v) is 6.42. The molecule has 0 fully saturated rings. The van der Waals surface area contributed by atoms with Gasteiger partial charge >= 0.3 is 6.09 Å². The highest BCUT2D eigenvalue weighted by Gasteiger charge is 2.23. The molecular formula is C23H24N2O3S. The molecule has 1 amide bonds. The molecule has 0 bridgehead atoms. The number of nitrogens with zero attached hydrogens (tertiary/aromatic N) is 1. The molecule has 5 nitrogen and oxygen atoms in total. The summed E-state index contributed by atoms with van der Waals surface area (Å²) in [4.78, 5) is 23.4. The van der Waals surface area contributed by atoms with E-state index in [0.29, 0.717) is 11.4 Å². The molecule has 0 aliphatic rings. The molecule has 29 heavy (non-hydrogen) atoms. The van der Waals surface area contributed by atoms with Gasteiger partial charge in [-0.25, -0.2) is 4.79 Å². The molecule has 0 saturated carbocycles. The van der Waals surface area contributed by atoms with Crippen LogP contribution in [0.2, 0.25) is 0 Å². The first-order chi connectivity index (χ1) is 13.8. The average molecular weight is 409 g/mol. The molecule has 2 N–H and O–H groups in total. The third kappa shape index (κ3) is 4.07. The summed E-state index contributed by atoms with van der Waals surface area (Å²) >= 11 is 1.28. The molecule has 6 heteroatoms. The zero-order chi connectivity index (χ0) is 21.2. The zero-order valence-electron chi connectivity index (χ0n) is 16.9. The lowest BCUT2D eigenvalue weighted by Crippen LogP contribution is -2.22. The number of hydrogen-bond donors (Lipinski definition) is 2. The van der Waals surface area contributed by atoms with E-state index in [1.165, 1.54) is 11.5 Å². The van der Waals surface area contributed by atoms with Gasteiger partial charge in [0.15, 0.2) is 0 Å². The number of anilines is 1. The Hall–Kier alpha value is -2.99. The van der Waals surface area contributed by atoms with Gasteiger partial charge in [-0.15, -0.1) is 0 Å². The van der Waals surface area contributed by atoms with Crippen LogP contribution in [-0.4, -0.2) is 21.9 Å². The largest absolute Gasteiger partial charge is 0.465 e. The number of carbonyl (C=O) groups is 2. The Morgan fingerprint density at radius 2 is 1.83 bits per heavy atom. The lowest BCUT2D eigenvalue weighted by Gasteiger charge is -2.22. The number of aldehydes is 1. The molecular weight excluding hydrogens is 384 g/mol. The normalized spacial score (nSPS) is 13.0. The second-order valence-corrected chi connectivity index (χ2v) is 8.17. The van der Waals surface area contributed by atoms with Crippen molar-refractivity contribution in [2.24, 2.45) is 0 Å². The highest BCUT2D eigenvalue weighted by Crippen LogP contribution is 2.37. The predicted octanol–water partition coefficient (Wildman–Crippen LogP) is 6.05. The fraction of sp³-hybridized carbons (Fsp3) is 0.261. The molecule has 150 valence electrons. The Kier molecular flexibility index (Phi) is 5.84. The van der Waals surface area contributed by atoms with Crippen LogP contribution < -0.4 is 5.32 Å². The van der Waals surface area contributed by atoms with E-state index in [1.807, 2.05) is 63.2 Å². The molecule has 1 atom stereocenters. The number of amides is 1. The minimum Gasteiger partial charge on any atom is -0.465 e. The number of carbonyl (C=O) groups excluding carboxylic acids is 1. The molecule has 1 unspecified atom stereocenters. The van der Waals surface area contributed by atoms with Crippen molar-refractivity contribution in [3.8, 4) is 21.6 Å². The maximum Gasteiger partial charge on any atom is 0.409 e. The van der Waals surface area contributed by atoms with Crippen molar-refractivity contribution in [3.63, 3.8) is 0 Å². The summed E-state index contributed by atoms with van der Waals surface area (Å²) in [6, 6.07) is 14.2. The summed E-state index contributed by atoms with van der Waals surface area (Å²) in [6.45, 7) is 7.79. The first-order valence-corrected chi connectivity index (χ1v) is 10.2. The van der Waals surface area contributed by atoms with Gasteiger partial charge in [0.25, 0.3) is 0 Å². The Morgan fingerprint density at radius 3 is 2.38 bits per heavy atom. The Balaban J connectivity index is 1.95. The van der Waals surface area contributed by atoms with E-state index in [9.17, 15) is 9.59 Å². The Bertz CT molecular complexity index is 1060. The standard InChI is InChI=1S/C23H24N2O3S/c1-5-23(4,13-26)18-9-6-16(7-10-18)19-11-8-17(12-14(19)2)21-20(24-22(27)28)15(3)25-29-21/h6-13,24H,5H2,1-4H3,(H,27,28). The second-order valence-electron chi connectivity index (χ2n) is 7.40. The first-order valence-electron chi connectivity index (χ1n) is 9.43. The van der Waals surface area contributed by atoms with Gasteiger partial charge in [-0.3, -0.25) is 5.32 Å². The van der Waals surface area contributed by atoms with Gasteiger partial charge in [0.05, 0.1) is 16.3 Å². The van der Waals surface area contributed by atoms with Gasteiger partial charge in [-0.2, -0.15) is 4.37 Å². The van der Waals surface area contributed by atoms with Crippen molar-refractivity contribution >= 4 is 29.6 Å². The molecule has 3 rings (SSSR count). The molecule has 1 aromatic heterocycles. The zero-order valence-corrected chi connectivity index (χ0v) is 17.8. The molecule has 0 saturated heterocycles. The number of aromatic nitrogens is 1. The molecule has 0 aliphatic heterocycles. The van der Waals surface area contributed by atoms with E-state index in [-0.39, 0.29) is 0 Å². The third-order valence-electron chi connectivity index (χ3n) is 5.43. The van der Waals surface area contributed by atoms with E-state index in [4.69, 9.17) is 5.11 Å². The molecule has 0 radical (unpaired) electrons. The van der Waals surface area contributed by atoms with E-state index in [2.05, 4.69) is 9.69 Å². The minimum atomic E-state index is -1.10. The van der Waals surface area contributed by atoms with Crippen molar-refractivity contribution in [2.75, 3.05) is 5.32 Å². The number of carboxylic acid groups (broad SMARTS) is 1. The monoisotopic (exact) mass is 408 g/mol. The highest BCUT2D eigenvalue weighted by atomic mass is 32.1. The van der Waals surface area contributed by atoms with E-state index in [1.54, 1.807) is 6.92 Å². The predicted molar refractivity (Wildman–Crippen MR) is 118 cm³/mol. The molecule has 1 heterocycles. The molecule has 0 spiro atoms. The Labute approximate surface area is 174 Å². The van der Waals surface area contributed by atoms with Crippen molar-refractivity contribution < 1.29 is 14.7 Å². The summed E-state index contributed by atoms with van der Waals surface area (Å²) in [5.41, 5.74) is 5.93. The fourth-order valence-corrected chi connectivity index (χ4v) is 4.18. The van der Waals surface area contributed by atoms with Crippen molar-refractivity contribution in [2.45, 2.75) is 39.5 Å². The quantitative estimate of drug-likeness (QED) is 0.487. The van der Waals surface area contributed by atoms with Gasteiger partial charge < -0.3 is 9.90 Å². The summed E-state index contributed by atoms with van der Waals surface area (Å²) in [5, 5.41) is 11.5. The van der Waals surface area contributed by atoms with Crippen molar-refractivity contribution in [1.82, 2.24) is 4.37 Å². The highest BCUT2D eigenvalue weighted by molar-refractivity contribution is 7.10. The summed E-state index contributed by atoms with van der Waals surface area (Å²) in [6.07, 6.45) is 0.671. The summed E-state index contributed by atoms with van der Waals surface area (Å²) < 4.78 is 4.29. The van der Waals surface area contributed by atoms with Crippen LogP contribution in [0.3, 0.4) is 0 Å². The number of aryl methyl sites for hydroxylation is 2. The summed E-state index contributed by atoms with van der Waals surface area (Å²) in [7, 11) is 0. The van der Waals surface area contributed by atoms with Crippen LogP contribution in [0.5, 0.6) is 0 Å².